The van der Waals surface area contributed by atoms with Gasteiger partial charge in [0.15, 0.2) is 0 Å². The monoisotopic (exact) mass is 768 g/mol. The van der Waals surface area contributed by atoms with Gasteiger partial charge in [-0.1, -0.05) is 97.1 Å². The minimum atomic E-state index is -0.724. The molecule has 0 saturated heterocycles. The molecular weight excluding hydrogens is 721 g/mol. The summed E-state index contributed by atoms with van der Waals surface area (Å²) in [5, 5.41) is 0. The van der Waals surface area contributed by atoms with Crippen molar-refractivity contribution >= 4 is 34.1 Å². The first-order chi connectivity index (χ1) is 29.0. The van der Waals surface area contributed by atoms with Gasteiger partial charge in [0.2, 0.25) is 0 Å². The largest absolute Gasteiger partial charge is 0.494 e. The lowest BCUT2D eigenvalue weighted by molar-refractivity contribution is 0.340. The van der Waals surface area contributed by atoms with E-state index in [1.54, 1.807) is 0 Å². The molecule has 1 aliphatic carbocycles. The molecule has 0 radical (unpaired) electrons. The van der Waals surface area contributed by atoms with E-state index in [0.29, 0.717) is 13.2 Å². The highest BCUT2D eigenvalue weighted by atomic mass is 16.5. The number of aryl methyl sites for hydroxylation is 2. The fourth-order valence-corrected chi connectivity index (χ4v) is 9.13. The zero-order valence-corrected chi connectivity index (χ0v) is 34.1. The van der Waals surface area contributed by atoms with Crippen LogP contribution in [-0.4, -0.2) is 13.2 Å². The van der Waals surface area contributed by atoms with E-state index >= 15 is 0 Å². The van der Waals surface area contributed by atoms with E-state index in [-0.39, 0.29) is 0 Å². The number of anilines is 6. The third kappa shape index (κ3) is 6.71. The lowest BCUT2D eigenvalue weighted by Crippen LogP contribution is -2.31. The molecule has 290 valence electrons. The van der Waals surface area contributed by atoms with Crippen LogP contribution in [0.4, 0.5) is 34.1 Å². The van der Waals surface area contributed by atoms with Crippen molar-refractivity contribution < 1.29 is 9.47 Å². The topological polar surface area (TPSA) is 24.9 Å². The van der Waals surface area contributed by atoms with Crippen molar-refractivity contribution in [3.8, 4) is 22.6 Å². The van der Waals surface area contributed by atoms with Gasteiger partial charge in [0, 0.05) is 34.1 Å². The molecular formula is C55H48N2O2. The summed E-state index contributed by atoms with van der Waals surface area (Å²) in [6.45, 7) is 9.74. The summed E-state index contributed by atoms with van der Waals surface area (Å²) >= 11 is 0. The van der Waals surface area contributed by atoms with Gasteiger partial charge in [0.1, 0.15) is 11.5 Å². The molecule has 9 rings (SSSR count). The number of rotatable bonds is 12. The van der Waals surface area contributed by atoms with Gasteiger partial charge in [0.25, 0.3) is 0 Å². The van der Waals surface area contributed by atoms with E-state index in [0.717, 1.165) is 56.8 Å². The number of ether oxygens (including phenoxy) is 2. The van der Waals surface area contributed by atoms with E-state index in [1.807, 2.05) is 13.8 Å². The third-order valence-electron chi connectivity index (χ3n) is 11.5. The smallest absolute Gasteiger partial charge is 0.119 e. The van der Waals surface area contributed by atoms with Gasteiger partial charge in [-0.25, -0.2) is 0 Å². The molecule has 8 aromatic rings. The molecule has 4 heteroatoms. The Labute approximate surface area is 348 Å². The zero-order chi connectivity index (χ0) is 40.3. The number of fused-ring (bicyclic) bond motifs is 3. The number of hydrogen-bond donors (Lipinski definition) is 0. The number of nitrogens with zero attached hydrogens (tertiary/aromatic N) is 2. The van der Waals surface area contributed by atoms with Crippen LogP contribution in [0.3, 0.4) is 0 Å². The van der Waals surface area contributed by atoms with Gasteiger partial charge in [-0.3, -0.25) is 0 Å². The van der Waals surface area contributed by atoms with Crippen molar-refractivity contribution in [2.75, 3.05) is 23.0 Å². The van der Waals surface area contributed by atoms with Crippen LogP contribution in [0.25, 0.3) is 11.1 Å². The van der Waals surface area contributed by atoms with Crippen molar-refractivity contribution in [2.24, 2.45) is 0 Å². The molecule has 0 aliphatic heterocycles. The first kappa shape index (κ1) is 37.5. The lowest BCUT2D eigenvalue weighted by atomic mass is 9.65. The molecule has 0 atom stereocenters. The summed E-state index contributed by atoms with van der Waals surface area (Å²) in [6.07, 6.45) is 0. The number of benzene rings is 8. The molecule has 0 saturated carbocycles. The van der Waals surface area contributed by atoms with Crippen LogP contribution in [0.1, 0.15) is 47.2 Å². The summed E-state index contributed by atoms with van der Waals surface area (Å²) in [5.74, 6) is 1.74. The molecule has 0 heterocycles. The number of hydrogen-bond acceptors (Lipinski definition) is 4. The maximum Gasteiger partial charge on any atom is 0.119 e. The Hall–Kier alpha value is -7.04. The van der Waals surface area contributed by atoms with Crippen molar-refractivity contribution in [3.05, 3.63) is 228 Å². The molecule has 0 spiro atoms. The van der Waals surface area contributed by atoms with Crippen LogP contribution in [0.5, 0.6) is 11.5 Å². The summed E-state index contributed by atoms with van der Waals surface area (Å²) in [5.41, 5.74) is 15.4. The SMILES string of the molecule is CCOc1ccc(C2(c3ccc(OCC)cc3C)c3cc(N(c4ccccc4)c4ccccc4)ccc3-c3ccc(N(c4ccccc4)c4ccccc4)cc32)c(C)c1. The van der Waals surface area contributed by atoms with Crippen LogP contribution in [0, 0.1) is 13.8 Å². The Bertz CT molecular complexity index is 2440. The zero-order valence-electron chi connectivity index (χ0n) is 34.1. The van der Waals surface area contributed by atoms with Gasteiger partial charge in [0.05, 0.1) is 18.6 Å². The predicted molar refractivity (Wildman–Crippen MR) is 245 cm³/mol. The molecule has 1 aliphatic rings. The lowest BCUT2D eigenvalue weighted by Gasteiger charge is -2.38. The first-order valence-corrected chi connectivity index (χ1v) is 20.6. The molecule has 0 unspecified atom stereocenters. The molecule has 0 aromatic heterocycles. The molecule has 59 heavy (non-hydrogen) atoms. The summed E-state index contributed by atoms with van der Waals surface area (Å²) in [7, 11) is 0. The Morgan fingerprint density at radius 1 is 0.356 bits per heavy atom. The standard InChI is InChI=1S/C55H48N2O2/c1-5-58-47-29-33-51(39(3)35-47)55(52-34-30-48(59-6-2)36-40(52)4)53-37-45(56(41-19-11-7-12-20-41)42-21-13-8-14-22-42)27-31-49(53)50-32-28-46(38-54(50)55)57(43-23-15-9-16-24-43)44-25-17-10-18-26-44/h7-38H,5-6H2,1-4H3. The Morgan fingerprint density at radius 2 is 0.695 bits per heavy atom. The minimum Gasteiger partial charge on any atom is -0.494 e. The maximum atomic E-state index is 6.12. The average Bonchev–Trinajstić information content (AvgIpc) is 3.55. The van der Waals surface area contributed by atoms with Crippen LogP contribution in [-0.2, 0) is 5.41 Å². The van der Waals surface area contributed by atoms with Crippen molar-refractivity contribution in [1.82, 2.24) is 0 Å². The second-order valence-corrected chi connectivity index (χ2v) is 15.0. The van der Waals surface area contributed by atoms with Crippen LogP contribution >= 0.6 is 0 Å². The fourth-order valence-electron chi connectivity index (χ4n) is 9.13. The van der Waals surface area contributed by atoms with Crippen molar-refractivity contribution in [2.45, 2.75) is 33.1 Å². The molecule has 0 fully saturated rings. The van der Waals surface area contributed by atoms with E-state index in [2.05, 4.69) is 218 Å². The minimum absolute atomic E-state index is 0.601. The van der Waals surface area contributed by atoms with Crippen LogP contribution in [0.15, 0.2) is 194 Å². The average molecular weight is 769 g/mol. The molecule has 0 N–H and O–H groups in total. The first-order valence-electron chi connectivity index (χ1n) is 20.6. The summed E-state index contributed by atoms with van der Waals surface area (Å²) < 4.78 is 12.2. The van der Waals surface area contributed by atoms with Gasteiger partial charge in [-0.05, 0) is 169 Å². The normalized spacial score (nSPS) is 12.3. The Balaban J connectivity index is 1.38. The quantitative estimate of drug-likeness (QED) is 0.124. The molecule has 4 nitrogen and oxygen atoms in total. The summed E-state index contributed by atoms with van der Waals surface area (Å²) in [4.78, 5) is 4.73. The second kappa shape index (κ2) is 16.1. The van der Waals surface area contributed by atoms with Gasteiger partial charge in [-0.15, -0.1) is 0 Å². The van der Waals surface area contributed by atoms with Gasteiger partial charge < -0.3 is 19.3 Å². The van der Waals surface area contributed by atoms with Crippen LogP contribution < -0.4 is 19.3 Å². The summed E-state index contributed by atoms with van der Waals surface area (Å²) in [6, 6.07) is 70.0. The highest BCUT2D eigenvalue weighted by Crippen LogP contribution is 2.60. The van der Waals surface area contributed by atoms with Gasteiger partial charge >= 0.3 is 0 Å². The van der Waals surface area contributed by atoms with E-state index in [1.165, 1.54) is 33.4 Å². The van der Waals surface area contributed by atoms with Gasteiger partial charge in [-0.2, -0.15) is 0 Å². The fraction of sp³-hybridized carbons (Fsp3) is 0.127. The molecule has 0 amide bonds. The highest BCUT2D eigenvalue weighted by molar-refractivity contribution is 5.92. The third-order valence-corrected chi connectivity index (χ3v) is 11.5. The predicted octanol–water partition coefficient (Wildman–Crippen LogP) is 14.4. The second-order valence-electron chi connectivity index (χ2n) is 15.0. The Morgan fingerprint density at radius 3 is 1.00 bits per heavy atom. The molecule has 8 aromatic carbocycles. The van der Waals surface area contributed by atoms with Crippen molar-refractivity contribution in [3.63, 3.8) is 0 Å². The number of para-hydroxylation sites is 4. The van der Waals surface area contributed by atoms with E-state index < -0.39 is 5.41 Å². The van der Waals surface area contributed by atoms with E-state index in [9.17, 15) is 0 Å². The maximum absolute atomic E-state index is 6.12. The van der Waals surface area contributed by atoms with E-state index in [4.69, 9.17) is 9.47 Å². The highest BCUT2D eigenvalue weighted by Gasteiger charge is 2.48. The molecule has 0 bridgehead atoms. The van der Waals surface area contributed by atoms with Crippen molar-refractivity contribution in [1.29, 1.82) is 0 Å². The van der Waals surface area contributed by atoms with Crippen LogP contribution in [0.2, 0.25) is 0 Å². The Kier molecular flexibility index (Phi) is 10.2.